The molecule has 0 saturated heterocycles. The van der Waals surface area contributed by atoms with Crippen molar-refractivity contribution in [3.8, 4) is 5.75 Å². The zero-order valence-electron chi connectivity index (χ0n) is 12.9. The third-order valence-electron chi connectivity index (χ3n) is 3.23. The van der Waals surface area contributed by atoms with Crippen LogP contribution in [-0.2, 0) is 17.8 Å². The predicted octanol–water partition coefficient (Wildman–Crippen LogP) is 3.18. The average Bonchev–Trinajstić information content (AvgIpc) is 2.94. The van der Waals surface area contributed by atoms with E-state index in [0.29, 0.717) is 13.2 Å². The summed E-state index contributed by atoms with van der Waals surface area (Å²) in [5.41, 5.74) is 3.22. The molecule has 0 spiro atoms. The van der Waals surface area contributed by atoms with Crippen LogP contribution in [0.25, 0.3) is 0 Å². The Balaban J connectivity index is 1.87. The van der Waals surface area contributed by atoms with Gasteiger partial charge in [-0.15, -0.1) is 17.9 Å². The Labute approximate surface area is 134 Å². The smallest absolute Gasteiger partial charge is 0.226 e. The van der Waals surface area contributed by atoms with Crippen LogP contribution in [0.3, 0.4) is 0 Å². The predicted molar refractivity (Wildman–Crippen MR) is 89.3 cm³/mol. The van der Waals surface area contributed by atoms with E-state index < -0.39 is 0 Å². The molecule has 1 N–H and O–H groups in total. The maximum Gasteiger partial charge on any atom is 0.226 e. The zero-order valence-corrected chi connectivity index (χ0v) is 13.7. The quantitative estimate of drug-likeness (QED) is 0.798. The molecule has 1 aromatic carbocycles. The highest BCUT2D eigenvalue weighted by Gasteiger charge is 2.08. The van der Waals surface area contributed by atoms with E-state index in [0.717, 1.165) is 16.5 Å². The van der Waals surface area contributed by atoms with Crippen molar-refractivity contribution in [3.05, 3.63) is 58.1 Å². The Kier molecular flexibility index (Phi) is 5.72. The first-order valence-corrected chi connectivity index (χ1v) is 7.97. The van der Waals surface area contributed by atoms with E-state index in [2.05, 4.69) is 30.7 Å². The van der Waals surface area contributed by atoms with Gasteiger partial charge in [0.25, 0.3) is 0 Å². The normalized spacial score (nSPS) is 10.3. The molecule has 0 bridgehead atoms. The lowest BCUT2D eigenvalue weighted by Gasteiger charge is -2.06. The molecule has 22 heavy (non-hydrogen) atoms. The second-order valence-corrected chi connectivity index (χ2v) is 5.98. The highest BCUT2D eigenvalue weighted by atomic mass is 32.1. The fraction of sp³-hybridized carbons (Fsp3) is 0.294. The van der Waals surface area contributed by atoms with Gasteiger partial charge in [0.1, 0.15) is 17.4 Å². The van der Waals surface area contributed by atoms with Gasteiger partial charge in [-0.1, -0.05) is 12.1 Å². The first-order chi connectivity index (χ1) is 10.6. The molecule has 0 aliphatic rings. The van der Waals surface area contributed by atoms with Gasteiger partial charge in [0.2, 0.25) is 5.91 Å². The summed E-state index contributed by atoms with van der Waals surface area (Å²) in [6, 6.07) is 6.02. The van der Waals surface area contributed by atoms with Gasteiger partial charge in [-0.2, -0.15) is 0 Å². The zero-order chi connectivity index (χ0) is 15.9. The number of carbonyl (C=O) groups is 1. The van der Waals surface area contributed by atoms with Gasteiger partial charge in [0, 0.05) is 11.9 Å². The molecule has 1 aromatic heterocycles. The van der Waals surface area contributed by atoms with Gasteiger partial charge >= 0.3 is 0 Å². The number of aromatic nitrogens is 1. The molecular formula is C17H20N2O2S. The van der Waals surface area contributed by atoms with Crippen LogP contribution < -0.4 is 10.1 Å². The van der Waals surface area contributed by atoms with Crippen molar-refractivity contribution in [2.75, 3.05) is 6.54 Å². The van der Waals surface area contributed by atoms with Crippen LogP contribution in [0.5, 0.6) is 5.75 Å². The number of aryl methyl sites for hydroxylation is 2. The lowest BCUT2D eigenvalue weighted by molar-refractivity contribution is -0.120. The summed E-state index contributed by atoms with van der Waals surface area (Å²) < 4.78 is 5.75. The monoisotopic (exact) mass is 316 g/mol. The van der Waals surface area contributed by atoms with E-state index in [1.165, 1.54) is 22.5 Å². The van der Waals surface area contributed by atoms with E-state index in [9.17, 15) is 4.79 Å². The SMILES string of the molecule is C=CCNC(=O)Cc1csc(COc2ccc(C)c(C)c2)n1. The van der Waals surface area contributed by atoms with Gasteiger partial charge in [-0.3, -0.25) is 4.79 Å². The molecule has 1 amide bonds. The van der Waals surface area contributed by atoms with E-state index in [-0.39, 0.29) is 12.3 Å². The first kappa shape index (κ1) is 16.2. The number of ether oxygens (including phenoxy) is 1. The summed E-state index contributed by atoms with van der Waals surface area (Å²) in [6.07, 6.45) is 1.94. The molecule has 0 radical (unpaired) electrons. The summed E-state index contributed by atoms with van der Waals surface area (Å²) in [6.45, 7) is 8.59. The number of benzene rings is 1. The minimum Gasteiger partial charge on any atom is -0.486 e. The Morgan fingerprint density at radius 2 is 2.23 bits per heavy atom. The van der Waals surface area contributed by atoms with Crippen molar-refractivity contribution in [1.29, 1.82) is 0 Å². The Hall–Kier alpha value is -2.14. The summed E-state index contributed by atoms with van der Waals surface area (Å²) in [5.74, 6) is 0.787. The van der Waals surface area contributed by atoms with Gasteiger partial charge < -0.3 is 10.1 Å². The minimum atomic E-state index is -0.0492. The molecule has 0 aliphatic heterocycles. The minimum absolute atomic E-state index is 0.0492. The lowest BCUT2D eigenvalue weighted by atomic mass is 10.1. The molecule has 4 nitrogen and oxygen atoms in total. The maximum atomic E-state index is 11.6. The lowest BCUT2D eigenvalue weighted by Crippen LogP contribution is -2.25. The molecule has 2 aromatic rings. The van der Waals surface area contributed by atoms with E-state index in [4.69, 9.17) is 4.74 Å². The summed E-state index contributed by atoms with van der Waals surface area (Å²) in [5, 5.41) is 5.50. The van der Waals surface area contributed by atoms with Crippen LogP contribution in [0.2, 0.25) is 0 Å². The maximum absolute atomic E-state index is 11.6. The molecule has 5 heteroatoms. The van der Waals surface area contributed by atoms with Gasteiger partial charge in [-0.05, 0) is 37.1 Å². The highest BCUT2D eigenvalue weighted by Crippen LogP contribution is 2.19. The largest absolute Gasteiger partial charge is 0.486 e. The van der Waals surface area contributed by atoms with Gasteiger partial charge in [-0.25, -0.2) is 4.98 Å². The molecule has 0 fully saturated rings. The molecule has 0 atom stereocenters. The van der Waals surface area contributed by atoms with Crippen LogP contribution >= 0.6 is 11.3 Å². The van der Waals surface area contributed by atoms with Crippen LogP contribution in [0.4, 0.5) is 0 Å². The van der Waals surface area contributed by atoms with Crippen molar-refractivity contribution in [2.24, 2.45) is 0 Å². The van der Waals surface area contributed by atoms with Crippen LogP contribution in [-0.4, -0.2) is 17.4 Å². The topological polar surface area (TPSA) is 51.2 Å². The second-order valence-electron chi connectivity index (χ2n) is 5.04. The van der Waals surface area contributed by atoms with Crippen molar-refractivity contribution in [1.82, 2.24) is 10.3 Å². The first-order valence-electron chi connectivity index (χ1n) is 7.09. The standard InChI is InChI=1S/C17H20N2O2S/c1-4-7-18-16(20)9-14-11-22-17(19-14)10-21-15-6-5-12(2)13(3)8-15/h4-6,8,11H,1,7,9-10H2,2-3H3,(H,18,20). The molecule has 0 aliphatic carbocycles. The van der Waals surface area contributed by atoms with Crippen LogP contribution in [0, 0.1) is 13.8 Å². The molecule has 2 rings (SSSR count). The van der Waals surface area contributed by atoms with Gasteiger partial charge in [0.05, 0.1) is 12.1 Å². The van der Waals surface area contributed by atoms with E-state index in [1.54, 1.807) is 6.08 Å². The van der Waals surface area contributed by atoms with Crippen LogP contribution in [0.15, 0.2) is 36.2 Å². The molecule has 116 valence electrons. The Morgan fingerprint density at radius 3 is 2.95 bits per heavy atom. The van der Waals surface area contributed by atoms with Crippen molar-refractivity contribution < 1.29 is 9.53 Å². The molecule has 0 unspecified atom stereocenters. The fourth-order valence-electron chi connectivity index (χ4n) is 1.86. The van der Waals surface area contributed by atoms with Crippen LogP contribution in [0.1, 0.15) is 21.8 Å². The van der Waals surface area contributed by atoms with E-state index >= 15 is 0 Å². The van der Waals surface area contributed by atoms with Crippen molar-refractivity contribution in [2.45, 2.75) is 26.9 Å². The average molecular weight is 316 g/mol. The number of nitrogens with zero attached hydrogens (tertiary/aromatic N) is 1. The third kappa shape index (κ3) is 4.70. The number of rotatable bonds is 7. The number of amides is 1. The Bertz CT molecular complexity index is 664. The summed E-state index contributed by atoms with van der Waals surface area (Å²) in [4.78, 5) is 16.0. The molecular weight excluding hydrogens is 296 g/mol. The highest BCUT2D eigenvalue weighted by molar-refractivity contribution is 7.09. The van der Waals surface area contributed by atoms with Crippen molar-refractivity contribution in [3.63, 3.8) is 0 Å². The molecule has 1 heterocycles. The third-order valence-corrected chi connectivity index (χ3v) is 4.10. The van der Waals surface area contributed by atoms with E-state index in [1.807, 2.05) is 23.6 Å². The number of thiazole rings is 1. The number of nitrogens with one attached hydrogen (secondary N) is 1. The van der Waals surface area contributed by atoms with Crippen molar-refractivity contribution >= 4 is 17.2 Å². The number of hydrogen-bond acceptors (Lipinski definition) is 4. The van der Waals surface area contributed by atoms with Gasteiger partial charge in [0.15, 0.2) is 0 Å². The molecule has 0 saturated carbocycles. The Morgan fingerprint density at radius 1 is 1.41 bits per heavy atom. The summed E-state index contributed by atoms with van der Waals surface area (Å²) in [7, 11) is 0. The number of hydrogen-bond donors (Lipinski definition) is 1. The fourth-order valence-corrected chi connectivity index (χ4v) is 2.56. The number of carbonyl (C=O) groups excluding carboxylic acids is 1. The summed E-state index contributed by atoms with van der Waals surface area (Å²) >= 11 is 1.51. The second kappa shape index (κ2) is 7.75.